The molecule has 0 radical (unpaired) electrons. The summed E-state index contributed by atoms with van der Waals surface area (Å²) in [4.78, 5) is 40.2. The molecule has 0 unspecified atom stereocenters. The summed E-state index contributed by atoms with van der Waals surface area (Å²) < 4.78 is 2.45. The normalized spacial score (nSPS) is 13.2. The predicted molar refractivity (Wildman–Crippen MR) is 81.0 cm³/mol. The summed E-state index contributed by atoms with van der Waals surface area (Å²) in [7, 11) is 2.60. The molecular weight excluding hydrogens is 354 g/mol. The van der Waals surface area contributed by atoms with Gasteiger partial charge in [-0.05, 0) is 18.2 Å². The molecule has 0 saturated heterocycles. The number of amides is 1. The van der Waals surface area contributed by atoms with Crippen LogP contribution in [0.1, 0.15) is 5.56 Å². The number of hydrogen-bond acceptors (Lipinski definition) is 4. The molecule has 0 spiro atoms. The Bertz CT molecular complexity index is 1080. The van der Waals surface area contributed by atoms with Crippen molar-refractivity contribution in [2.45, 2.75) is 0 Å². The van der Waals surface area contributed by atoms with Crippen molar-refractivity contribution < 1.29 is 9.90 Å². The molecule has 1 aliphatic heterocycles. The highest BCUT2D eigenvalue weighted by Crippen LogP contribution is 2.20. The highest BCUT2D eigenvalue weighted by Gasteiger charge is 2.27. The van der Waals surface area contributed by atoms with E-state index in [1.54, 1.807) is 18.2 Å². The van der Waals surface area contributed by atoms with Gasteiger partial charge < -0.3 is 5.11 Å². The molecule has 0 bridgehead atoms. The third-order valence-corrected chi connectivity index (χ3v) is 4.04. The predicted octanol–water partition coefficient (Wildman–Crippen LogP) is -1.09. The standard InChI is InChI=1S/C14H10BrN3O4/c1-17-12(20)10(13(21)18(2)14(17)22)9-7-5-6(15)3-4-8(7)16-11(9)19/h3-5,20H,1-2H3. The molecule has 0 fully saturated rings. The molecule has 2 heterocycles. The first-order valence-electron chi connectivity index (χ1n) is 6.25. The van der Waals surface area contributed by atoms with Crippen LogP contribution in [0.4, 0.5) is 0 Å². The monoisotopic (exact) mass is 363 g/mol. The van der Waals surface area contributed by atoms with Crippen LogP contribution < -0.4 is 21.8 Å². The van der Waals surface area contributed by atoms with Gasteiger partial charge in [-0.3, -0.25) is 18.7 Å². The summed E-state index contributed by atoms with van der Waals surface area (Å²) in [6.45, 7) is 0. The highest BCUT2D eigenvalue weighted by atomic mass is 79.9. The molecule has 1 amide bonds. The Morgan fingerprint density at radius 1 is 1.14 bits per heavy atom. The Kier molecular flexibility index (Phi) is 3.13. The second-order valence-electron chi connectivity index (χ2n) is 4.86. The maximum Gasteiger partial charge on any atom is 0.333 e. The van der Waals surface area contributed by atoms with E-state index in [1.807, 2.05) is 0 Å². The van der Waals surface area contributed by atoms with Gasteiger partial charge in [-0.2, -0.15) is 0 Å². The molecule has 1 aromatic carbocycles. The number of halogens is 1. The van der Waals surface area contributed by atoms with Crippen molar-refractivity contribution in [2.24, 2.45) is 19.1 Å². The first-order chi connectivity index (χ1) is 10.3. The number of carbonyl (C=O) groups is 1. The van der Waals surface area contributed by atoms with Crippen molar-refractivity contribution in [1.82, 2.24) is 9.13 Å². The van der Waals surface area contributed by atoms with Crippen molar-refractivity contribution in [1.29, 1.82) is 0 Å². The Balaban J connectivity index is 2.57. The van der Waals surface area contributed by atoms with Crippen molar-refractivity contribution >= 4 is 27.4 Å². The van der Waals surface area contributed by atoms with Crippen LogP contribution in [-0.2, 0) is 18.9 Å². The minimum atomic E-state index is -0.744. The molecule has 112 valence electrons. The molecule has 8 heteroatoms. The largest absolute Gasteiger partial charge is 0.494 e. The number of benzene rings is 1. The van der Waals surface area contributed by atoms with Crippen LogP contribution in [0.15, 0.2) is 37.3 Å². The van der Waals surface area contributed by atoms with Gasteiger partial charge in [0.15, 0.2) is 0 Å². The molecule has 7 nitrogen and oxygen atoms in total. The average molecular weight is 364 g/mol. The fourth-order valence-corrected chi connectivity index (χ4v) is 2.74. The number of fused-ring (bicyclic) bond motifs is 1. The lowest BCUT2D eigenvalue weighted by atomic mass is 10.1. The summed E-state index contributed by atoms with van der Waals surface area (Å²) in [6, 6.07) is 4.99. The molecule has 1 aliphatic rings. The van der Waals surface area contributed by atoms with E-state index < -0.39 is 23.0 Å². The number of aromatic nitrogens is 2. The maximum absolute atomic E-state index is 12.4. The number of hydrogen-bond donors (Lipinski definition) is 1. The lowest BCUT2D eigenvalue weighted by Crippen LogP contribution is -2.39. The van der Waals surface area contributed by atoms with Crippen molar-refractivity contribution in [2.75, 3.05) is 0 Å². The summed E-state index contributed by atoms with van der Waals surface area (Å²) in [5.74, 6) is -1.18. The van der Waals surface area contributed by atoms with E-state index in [1.165, 1.54) is 14.1 Å². The van der Waals surface area contributed by atoms with Gasteiger partial charge in [0.05, 0.1) is 10.9 Å². The molecule has 3 rings (SSSR count). The van der Waals surface area contributed by atoms with E-state index in [9.17, 15) is 19.5 Å². The van der Waals surface area contributed by atoms with Gasteiger partial charge >= 0.3 is 5.69 Å². The Morgan fingerprint density at radius 3 is 2.50 bits per heavy atom. The van der Waals surface area contributed by atoms with Crippen LogP contribution in [0.25, 0.3) is 5.57 Å². The van der Waals surface area contributed by atoms with Crippen LogP contribution >= 0.6 is 15.9 Å². The van der Waals surface area contributed by atoms with Crippen LogP contribution in [-0.4, -0.2) is 20.1 Å². The number of carbonyl (C=O) groups excluding carboxylic acids is 1. The van der Waals surface area contributed by atoms with Gasteiger partial charge in [0.25, 0.3) is 11.5 Å². The van der Waals surface area contributed by atoms with E-state index >= 15 is 0 Å². The fourth-order valence-electron chi connectivity index (χ4n) is 2.38. The molecule has 0 saturated carbocycles. The second kappa shape index (κ2) is 4.77. The molecule has 2 aromatic rings. The van der Waals surface area contributed by atoms with Crippen LogP contribution in [0.3, 0.4) is 0 Å². The summed E-state index contributed by atoms with van der Waals surface area (Å²) in [5, 5.41) is 11.0. The van der Waals surface area contributed by atoms with Crippen molar-refractivity contribution in [3.05, 3.63) is 59.6 Å². The minimum Gasteiger partial charge on any atom is -0.494 e. The van der Waals surface area contributed by atoms with Gasteiger partial charge in [0, 0.05) is 23.8 Å². The van der Waals surface area contributed by atoms with Crippen molar-refractivity contribution in [3.63, 3.8) is 0 Å². The number of aromatic hydroxyl groups is 1. The zero-order valence-electron chi connectivity index (χ0n) is 11.6. The molecular formula is C14H10BrN3O4. The molecule has 1 aromatic heterocycles. The number of nitrogens with zero attached hydrogens (tertiary/aromatic N) is 3. The van der Waals surface area contributed by atoms with Crippen LogP contribution in [0, 0.1) is 0 Å². The topological polar surface area (TPSA) is 93.7 Å². The van der Waals surface area contributed by atoms with E-state index in [0.717, 1.165) is 9.13 Å². The second-order valence-corrected chi connectivity index (χ2v) is 5.77. The van der Waals surface area contributed by atoms with E-state index in [2.05, 4.69) is 20.9 Å². The van der Waals surface area contributed by atoms with E-state index in [0.29, 0.717) is 15.0 Å². The quantitative estimate of drug-likeness (QED) is 0.696. The summed E-state index contributed by atoms with van der Waals surface area (Å²) in [6.07, 6.45) is 0. The molecule has 0 aliphatic carbocycles. The Hall–Kier alpha value is -2.48. The summed E-state index contributed by atoms with van der Waals surface area (Å²) >= 11 is 3.30. The van der Waals surface area contributed by atoms with Crippen LogP contribution in [0.5, 0.6) is 5.88 Å². The lowest BCUT2D eigenvalue weighted by molar-refractivity contribution is -0.112. The summed E-state index contributed by atoms with van der Waals surface area (Å²) in [5.41, 5.74) is -1.66. The van der Waals surface area contributed by atoms with E-state index in [-0.39, 0.29) is 11.1 Å². The molecule has 22 heavy (non-hydrogen) atoms. The molecule has 0 atom stereocenters. The SMILES string of the molecule is Cn1c(O)c(C2=c3cc(Br)ccc3=NC2=O)c(=O)n(C)c1=O. The fraction of sp³-hybridized carbons (Fsp3) is 0.143. The maximum atomic E-state index is 12.4. The Labute approximate surface area is 131 Å². The van der Waals surface area contributed by atoms with Gasteiger partial charge in [-0.1, -0.05) is 15.9 Å². The minimum absolute atomic E-state index is 0.00926. The first kappa shape index (κ1) is 14.5. The zero-order valence-corrected chi connectivity index (χ0v) is 13.2. The van der Waals surface area contributed by atoms with E-state index in [4.69, 9.17) is 0 Å². The third kappa shape index (κ3) is 1.87. The van der Waals surface area contributed by atoms with Gasteiger partial charge in [0.2, 0.25) is 5.88 Å². The van der Waals surface area contributed by atoms with Gasteiger partial charge in [-0.15, -0.1) is 0 Å². The Morgan fingerprint density at radius 2 is 1.82 bits per heavy atom. The lowest BCUT2D eigenvalue weighted by Gasteiger charge is -2.10. The van der Waals surface area contributed by atoms with Crippen molar-refractivity contribution in [3.8, 4) is 5.88 Å². The smallest absolute Gasteiger partial charge is 0.333 e. The number of rotatable bonds is 1. The van der Waals surface area contributed by atoms with Gasteiger partial charge in [-0.25, -0.2) is 9.79 Å². The van der Waals surface area contributed by atoms with Gasteiger partial charge in [0.1, 0.15) is 5.56 Å². The third-order valence-electron chi connectivity index (χ3n) is 3.55. The highest BCUT2D eigenvalue weighted by molar-refractivity contribution is 9.10. The first-order valence-corrected chi connectivity index (χ1v) is 7.04. The average Bonchev–Trinajstić information content (AvgIpc) is 2.79. The zero-order chi connectivity index (χ0) is 16.2. The molecule has 1 N–H and O–H groups in total. The van der Waals surface area contributed by atoms with Crippen LogP contribution in [0.2, 0.25) is 0 Å².